The van der Waals surface area contributed by atoms with Crippen LogP contribution >= 0.6 is 0 Å². The molecule has 7 heteroatoms. The van der Waals surface area contributed by atoms with Gasteiger partial charge in [-0.1, -0.05) is 202 Å². The zero-order valence-electron chi connectivity index (χ0n) is 44.4. The molecule has 3 unspecified atom stereocenters. The van der Waals surface area contributed by atoms with Gasteiger partial charge in [0.2, 0.25) is 0 Å². The van der Waals surface area contributed by atoms with Crippen molar-refractivity contribution in [1.82, 2.24) is 10.2 Å². The molecule has 386 valence electrons. The lowest BCUT2D eigenvalue weighted by Crippen LogP contribution is -2.58. The Morgan fingerprint density at radius 3 is 1.28 bits per heavy atom. The number of aliphatic hydroxyl groups is 1. The summed E-state index contributed by atoms with van der Waals surface area (Å²) in [6.45, 7) is 14.8. The first-order valence-electron chi connectivity index (χ1n) is 29.3. The van der Waals surface area contributed by atoms with Crippen LogP contribution < -0.4 is 5.32 Å². The Kier molecular flexibility index (Phi) is 44.3. The number of rotatable bonds is 49. The summed E-state index contributed by atoms with van der Waals surface area (Å²) in [5.74, 6) is 0.488. The van der Waals surface area contributed by atoms with E-state index in [1.807, 2.05) is 0 Å². The molecule has 0 amide bonds. The van der Waals surface area contributed by atoms with Crippen molar-refractivity contribution in [2.75, 3.05) is 26.2 Å². The number of carbonyl (C=O) groups excluding carboxylic acids is 2. The zero-order valence-corrected chi connectivity index (χ0v) is 44.4. The number of nitrogens with one attached hydrogen (secondary N) is 1. The predicted octanol–water partition coefficient (Wildman–Crippen LogP) is 16.5. The number of carbonyl (C=O) groups is 2. The topological polar surface area (TPSA) is 88.1 Å². The lowest BCUT2D eigenvalue weighted by molar-refractivity contribution is -0.151. The summed E-state index contributed by atoms with van der Waals surface area (Å²) in [6.07, 6.45) is 49.6. The maximum atomic E-state index is 13.2. The van der Waals surface area contributed by atoms with Gasteiger partial charge in [0.15, 0.2) is 0 Å². The monoisotopic (exact) mass is 919 g/mol. The van der Waals surface area contributed by atoms with Gasteiger partial charge in [-0.25, -0.2) is 0 Å². The lowest BCUT2D eigenvalue weighted by atomic mass is 9.91. The quantitative estimate of drug-likeness (QED) is 0.0464. The van der Waals surface area contributed by atoms with E-state index in [0.29, 0.717) is 30.8 Å². The third-order valence-corrected chi connectivity index (χ3v) is 14.5. The van der Waals surface area contributed by atoms with Gasteiger partial charge >= 0.3 is 11.9 Å². The fourth-order valence-electron chi connectivity index (χ4n) is 10.2. The number of nitrogens with zero attached hydrogens (tertiary/aromatic N) is 1. The minimum atomic E-state index is 0.00827. The third kappa shape index (κ3) is 38.4. The SMILES string of the molecule is CCCCCCCCCC(CCCCCCCCC)OC(=O)CCCCCC1CN(CCCCO)CC(C(C)CCCC(=O)OC(CCCCCCCCC)CCCCCCCCC)N1. The summed E-state index contributed by atoms with van der Waals surface area (Å²) in [5, 5.41) is 13.5. The summed E-state index contributed by atoms with van der Waals surface area (Å²) in [7, 11) is 0. The van der Waals surface area contributed by atoms with Gasteiger partial charge in [-0.05, 0) is 102 Å². The Labute approximate surface area is 405 Å². The molecule has 1 rings (SSSR count). The van der Waals surface area contributed by atoms with Crippen LogP contribution in [0.3, 0.4) is 0 Å². The average molecular weight is 920 g/mol. The van der Waals surface area contributed by atoms with Gasteiger partial charge in [-0.15, -0.1) is 0 Å². The van der Waals surface area contributed by atoms with Crippen LogP contribution in [0.5, 0.6) is 0 Å². The van der Waals surface area contributed by atoms with Gasteiger partial charge in [0, 0.05) is 44.6 Å². The number of aliphatic hydroxyl groups excluding tert-OH is 1. The second kappa shape index (κ2) is 46.5. The van der Waals surface area contributed by atoms with E-state index in [4.69, 9.17) is 9.47 Å². The molecule has 0 aromatic rings. The molecule has 1 aliphatic heterocycles. The number of piperazine rings is 1. The highest BCUT2D eigenvalue weighted by Gasteiger charge is 2.29. The van der Waals surface area contributed by atoms with Crippen LogP contribution in [0, 0.1) is 5.92 Å². The number of hydrogen-bond donors (Lipinski definition) is 2. The van der Waals surface area contributed by atoms with Gasteiger partial charge < -0.3 is 24.8 Å². The average Bonchev–Trinajstić information content (AvgIpc) is 3.30. The Morgan fingerprint density at radius 1 is 0.477 bits per heavy atom. The van der Waals surface area contributed by atoms with Crippen molar-refractivity contribution in [2.45, 2.75) is 329 Å². The molecule has 0 aliphatic carbocycles. The van der Waals surface area contributed by atoms with Crippen molar-refractivity contribution >= 4 is 11.9 Å². The molecule has 0 spiro atoms. The second-order valence-corrected chi connectivity index (χ2v) is 21.0. The second-order valence-electron chi connectivity index (χ2n) is 21.0. The molecule has 7 nitrogen and oxygen atoms in total. The number of unbranched alkanes of at least 4 members (excludes halogenated alkanes) is 27. The van der Waals surface area contributed by atoms with Gasteiger partial charge in [0.25, 0.3) is 0 Å². The maximum absolute atomic E-state index is 13.2. The molecule has 1 saturated heterocycles. The van der Waals surface area contributed by atoms with Gasteiger partial charge in [0.1, 0.15) is 12.2 Å². The van der Waals surface area contributed by atoms with E-state index >= 15 is 0 Å². The smallest absolute Gasteiger partial charge is 0.306 e. The molecule has 1 fully saturated rings. The molecule has 3 atom stereocenters. The summed E-state index contributed by atoms with van der Waals surface area (Å²) < 4.78 is 12.4. The van der Waals surface area contributed by atoms with Crippen molar-refractivity contribution in [1.29, 1.82) is 0 Å². The molecule has 0 radical (unpaired) electrons. The van der Waals surface area contributed by atoms with Gasteiger partial charge in [-0.2, -0.15) is 0 Å². The summed E-state index contributed by atoms with van der Waals surface area (Å²) in [6, 6.07) is 0.815. The van der Waals surface area contributed by atoms with Gasteiger partial charge in [-0.3, -0.25) is 9.59 Å². The van der Waals surface area contributed by atoms with E-state index in [1.165, 1.54) is 180 Å². The standard InChI is InChI=1S/C58H114N2O5/c1-6-10-14-18-22-26-32-42-54(43-33-27-23-19-15-11-7-2)64-57(62)46-36-30-31-41-53-50-60(48-37-38-49-61)51-56(59-53)52(5)40-39-47-58(63)65-55(44-34-28-24-20-16-12-8-3)45-35-29-25-21-17-13-9-4/h52-56,59,61H,6-51H2,1-5H3. The molecule has 2 N–H and O–H groups in total. The van der Waals surface area contributed by atoms with Crippen molar-refractivity contribution < 1.29 is 24.2 Å². The molecule has 1 heterocycles. The molecule has 0 bridgehead atoms. The number of ether oxygens (including phenoxy) is 2. The van der Waals surface area contributed by atoms with E-state index in [2.05, 4.69) is 44.8 Å². The van der Waals surface area contributed by atoms with Crippen LogP contribution in [0.25, 0.3) is 0 Å². The van der Waals surface area contributed by atoms with Crippen LogP contribution in [0.4, 0.5) is 0 Å². The zero-order chi connectivity index (χ0) is 47.3. The first kappa shape index (κ1) is 61.8. The molecule has 65 heavy (non-hydrogen) atoms. The van der Waals surface area contributed by atoms with Crippen LogP contribution in [0.1, 0.15) is 304 Å². The fraction of sp³-hybridized carbons (Fsp3) is 0.966. The van der Waals surface area contributed by atoms with Gasteiger partial charge in [0.05, 0.1) is 0 Å². The lowest BCUT2D eigenvalue weighted by Gasteiger charge is -2.41. The Bertz CT molecular complexity index is 990. The van der Waals surface area contributed by atoms with Crippen LogP contribution in [0.15, 0.2) is 0 Å². The van der Waals surface area contributed by atoms with Crippen LogP contribution in [-0.4, -0.2) is 72.5 Å². The molecular weight excluding hydrogens is 805 g/mol. The fourth-order valence-corrected chi connectivity index (χ4v) is 10.2. The highest BCUT2D eigenvalue weighted by molar-refractivity contribution is 5.69. The highest BCUT2D eigenvalue weighted by atomic mass is 16.5. The highest BCUT2D eigenvalue weighted by Crippen LogP contribution is 2.23. The summed E-state index contributed by atoms with van der Waals surface area (Å²) in [4.78, 5) is 28.9. The number of hydrogen-bond acceptors (Lipinski definition) is 7. The first-order chi connectivity index (χ1) is 31.9. The minimum Gasteiger partial charge on any atom is -0.462 e. The molecular formula is C58H114N2O5. The van der Waals surface area contributed by atoms with E-state index < -0.39 is 0 Å². The molecule has 0 aromatic carbocycles. The summed E-state index contributed by atoms with van der Waals surface area (Å²) in [5.41, 5.74) is 0. The Hall–Kier alpha value is -1.18. The Morgan fingerprint density at radius 2 is 0.862 bits per heavy atom. The van der Waals surface area contributed by atoms with E-state index in [1.54, 1.807) is 0 Å². The first-order valence-corrected chi connectivity index (χ1v) is 29.3. The van der Waals surface area contributed by atoms with Crippen molar-refractivity contribution in [2.24, 2.45) is 5.92 Å². The van der Waals surface area contributed by atoms with Crippen LogP contribution in [-0.2, 0) is 19.1 Å². The maximum Gasteiger partial charge on any atom is 0.306 e. The minimum absolute atomic E-state index is 0.00827. The summed E-state index contributed by atoms with van der Waals surface area (Å²) >= 11 is 0. The molecule has 0 aromatic heterocycles. The van der Waals surface area contributed by atoms with Crippen molar-refractivity contribution in [3.05, 3.63) is 0 Å². The van der Waals surface area contributed by atoms with Crippen LogP contribution in [0.2, 0.25) is 0 Å². The van der Waals surface area contributed by atoms with Crippen molar-refractivity contribution in [3.63, 3.8) is 0 Å². The molecule has 1 aliphatic rings. The normalized spacial score (nSPS) is 16.2. The third-order valence-electron chi connectivity index (χ3n) is 14.5. The largest absolute Gasteiger partial charge is 0.462 e. The molecule has 0 saturated carbocycles. The van der Waals surface area contributed by atoms with E-state index in [0.717, 1.165) is 96.7 Å². The number of esters is 2. The Balaban J connectivity index is 2.58. The van der Waals surface area contributed by atoms with Crippen molar-refractivity contribution in [3.8, 4) is 0 Å². The van der Waals surface area contributed by atoms with E-state index in [9.17, 15) is 14.7 Å². The van der Waals surface area contributed by atoms with E-state index in [-0.39, 0.29) is 30.8 Å². The predicted molar refractivity (Wildman–Crippen MR) is 280 cm³/mol.